The highest BCUT2D eigenvalue weighted by atomic mass is 32.2. The van der Waals surface area contributed by atoms with Gasteiger partial charge < -0.3 is 9.80 Å². The molecule has 0 saturated carbocycles. The molecule has 14 heteroatoms. The number of anilines is 3. The van der Waals surface area contributed by atoms with Gasteiger partial charge in [-0.1, -0.05) is 29.6 Å². The molecule has 0 spiro atoms. The number of hydrogen-bond donors (Lipinski definition) is 0. The summed E-state index contributed by atoms with van der Waals surface area (Å²) in [6, 6.07) is 8.02. The summed E-state index contributed by atoms with van der Waals surface area (Å²) in [5.74, 6) is 0.406. The van der Waals surface area contributed by atoms with Crippen LogP contribution in [0.1, 0.15) is 23.9 Å². The second-order valence-electron chi connectivity index (χ2n) is 8.83. The van der Waals surface area contributed by atoms with E-state index >= 15 is 0 Å². The van der Waals surface area contributed by atoms with Crippen molar-refractivity contribution in [1.29, 1.82) is 5.26 Å². The number of rotatable bonds is 7. The van der Waals surface area contributed by atoms with Crippen LogP contribution in [0.15, 0.2) is 24.3 Å². The van der Waals surface area contributed by atoms with Crippen LogP contribution in [0.5, 0.6) is 0 Å². The first kappa shape index (κ1) is 25.5. The highest BCUT2D eigenvalue weighted by Crippen LogP contribution is 2.38. The molecule has 0 radical (unpaired) electrons. The molecule has 0 N–H and O–H groups in total. The minimum Gasteiger partial charge on any atom is -0.345 e. The topological polar surface area (TPSA) is 111 Å². The first-order valence-electron chi connectivity index (χ1n) is 11.6. The number of likely N-dealkylation sites (N-methyl/N-ethyl adjacent to an activating group) is 1. The van der Waals surface area contributed by atoms with Gasteiger partial charge in [0.15, 0.2) is 10.9 Å². The van der Waals surface area contributed by atoms with E-state index in [9.17, 15) is 18.1 Å². The Morgan fingerprint density at radius 3 is 2.59 bits per heavy atom. The summed E-state index contributed by atoms with van der Waals surface area (Å²) in [6.45, 7) is 3.28. The van der Waals surface area contributed by atoms with E-state index in [4.69, 9.17) is 15.1 Å². The second kappa shape index (κ2) is 9.64. The van der Waals surface area contributed by atoms with Crippen molar-refractivity contribution >= 4 is 53.7 Å². The molecule has 0 amide bonds. The van der Waals surface area contributed by atoms with Crippen LogP contribution in [0.25, 0.3) is 16.2 Å². The third-order valence-corrected chi connectivity index (χ3v) is 9.83. The second-order valence-corrected chi connectivity index (χ2v) is 12.8. The average Bonchev–Trinajstić information content (AvgIpc) is 3.64. The van der Waals surface area contributed by atoms with Crippen LogP contribution in [0.2, 0.25) is 0 Å². The molecule has 0 bridgehead atoms. The molecule has 1 unspecified atom stereocenters. The van der Waals surface area contributed by atoms with E-state index in [0.717, 1.165) is 28.0 Å². The standard InChI is InChI=1S/C23H25FN8O2S3/c1-5-17-20(29(2)21-27-19(18(12-25)35-21)14-6-8-15(24)9-7-14)32-22(26-17)36-23(28-32)31-11-10-16(13-31)30(3)37(4,33)34/h6-9,16H,5,10-11,13H2,1-4H3. The lowest BCUT2D eigenvalue weighted by molar-refractivity contribution is 0.393. The lowest BCUT2D eigenvalue weighted by atomic mass is 10.1. The van der Waals surface area contributed by atoms with Gasteiger partial charge in [-0.15, -0.1) is 5.10 Å². The molecular weight excluding hydrogens is 536 g/mol. The Kier molecular flexibility index (Phi) is 6.65. The first-order chi connectivity index (χ1) is 17.6. The molecular formula is C23H25FN8O2S3. The van der Waals surface area contributed by atoms with Crippen molar-refractivity contribution in [1.82, 2.24) is 23.9 Å². The van der Waals surface area contributed by atoms with Crippen molar-refractivity contribution < 1.29 is 12.8 Å². The van der Waals surface area contributed by atoms with Crippen molar-refractivity contribution in [2.24, 2.45) is 0 Å². The fourth-order valence-corrected chi connectivity index (χ4v) is 6.89. The summed E-state index contributed by atoms with van der Waals surface area (Å²) in [4.78, 5) is 14.6. The summed E-state index contributed by atoms with van der Waals surface area (Å²) in [7, 11) is 0.206. The van der Waals surface area contributed by atoms with Crippen molar-refractivity contribution in [2.75, 3.05) is 43.2 Å². The maximum atomic E-state index is 13.4. The normalized spacial score (nSPS) is 16.1. The summed E-state index contributed by atoms with van der Waals surface area (Å²) in [6.07, 6.45) is 2.62. The maximum absolute atomic E-state index is 13.4. The molecule has 37 heavy (non-hydrogen) atoms. The number of halogens is 1. The van der Waals surface area contributed by atoms with E-state index in [1.165, 1.54) is 45.4 Å². The van der Waals surface area contributed by atoms with E-state index < -0.39 is 10.0 Å². The van der Waals surface area contributed by atoms with Gasteiger partial charge in [0, 0.05) is 38.8 Å². The highest BCUT2D eigenvalue weighted by molar-refractivity contribution is 7.88. The summed E-state index contributed by atoms with van der Waals surface area (Å²) >= 11 is 2.71. The van der Waals surface area contributed by atoms with Gasteiger partial charge in [-0.2, -0.15) is 9.78 Å². The van der Waals surface area contributed by atoms with E-state index in [0.29, 0.717) is 40.8 Å². The third kappa shape index (κ3) is 4.68. The zero-order valence-corrected chi connectivity index (χ0v) is 23.2. The van der Waals surface area contributed by atoms with Crippen LogP contribution in [0.4, 0.5) is 20.5 Å². The maximum Gasteiger partial charge on any atom is 0.216 e. The molecule has 1 aromatic carbocycles. The molecule has 1 saturated heterocycles. The lowest BCUT2D eigenvalue weighted by Crippen LogP contribution is -2.38. The Balaban J connectivity index is 1.48. The van der Waals surface area contributed by atoms with E-state index in [2.05, 4.69) is 11.0 Å². The van der Waals surface area contributed by atoms with E-state index in [1.54, 1.807) is 23.7 Å². The fraction of sp³-hybridized carbons (Fsp3) is 0.391. The molecule has 5 rings (SSSR count). The Morgan fingerprint density at radius 2 is 1.95 bits per heavy atom. The Labute approximate surface area is 222 Å². The average molecular weight is 561 g/mol. The van der Waals surface area contributed by atoms with Crippen molar-refractivity contribution in [3.05, 3.63) is 40.7 Å². The smallest absolute Gasteiger partial charge is 0.216 e. The van der Waals surface area contributed by atoms with E-state index in [-0.39, 0.29) is 11.9 Å². The monoisotopic (exact) mass is 560 g/mol. The zero-order valence-electron chi connectivity index (χ0n) is 20.7. The minimum absolute atomic E-state index is 0.107. The summed E-state index contributed by atoms with van der Waals surface area (Å²) in [5, 5.41) is 15.9. The number of fused-ring (bicyclic) bond motifs is 1. The van der Waals surface area contributed by atoms with Gasteiger partial charge in [0.25, 0.3) is 0 Å². The number of imidazole rings is 1. The van der Waals surface area contributed by atoms with Crippen molar-refractivity contribution in [2.45, 2.75) is 25.8 Å². The minimum atomic E-state index is -3.27. The largest absolute Gasteiger partial charge is 0.345 e. The molecule has 4 aromatic rings. The van der Waals surface area contributed by atoms with Gasteiger partial charge in [0.05, 0.1) is 11.9 Å². The lowest BCUT2D eigenvalue weighted by Gasteiger charge is -2.22. The highest BCUT2D eigenvalue weighted by Gasteiger charge is 2.32. The molecule has 1 aliphatic rings. The van der Waals surface area contributed by atoms with E-state index in [1.807, 2.05) is 18.9 Å². The van der Waals surface area contributed by atoms with Crippen LogP contribution in [-0.4, -0.2) is 71.8 Å². The number of thiazole rings is 1. The van der Waals surface area contributed by atoms with Gasteiger partial charge >= 0.3 is 0 Å². The molecule has 1 aliphatic heterocycles. The first-order valence-corrected chi connectivity index (χ1v) is 15.1. The van der Waals surface area contributed by atoms with Gasteiger partial charge in [-0.05, 0) is 37.1 Å². The number of aromatic nitrogens is 4. The number of nitriles is 1. The van der Waals surface area contributed by atoms with Crippen LogP contribution < -0.4 is 9.80 Å². The molecule has 0 aliphatic carbocycles. The van der Waals surface area contributed by atoms with Crippen molar-refractivity contribution in [3.8, 4) is 17.3 Å². The van der Waals surface area contributed by atoms with Gasteiger partial charge in [0.1, 0.15) is 22.5 Å². The van der Waals surface area contributed by atoms with Gasteiger partial charge in [-0.3, -0.25) is 0 Å². The van der Waals surface area contributed by atoms with Crippen molar-refractivity contribution in [3.63, 3.8) is 0 Å². The number of hydrogen-bond acceptors (Lipinski definition) is 10. The predicted molar refractivity (Wildman–Crippen MR) is 144 cm³/mol. The Morgan fingerprint density at radius 1 is 1.22 bits per heavy atom. The molecule has 3 aromatic heterocycles. The number of sulfonamides is 1. The molecule has 4 heterocycles. The number of benzene rings is 1. The van der Waals surface area contributed by atoms with Crippen LogP contribution in [0, 0.1) is 17.1 Å². The predicted octanol–water partition coefficient (Wildman–Crippen LogP) is 3.73. The van der Waals surface area contributed by atoms with Gasteiger partial charge in [0.2, 0.25) is 20.1 Å². The van der Waals surface area contributed by atoms with Crippen LogP contribution in [-0.2, 0) is 16.4 Å². The van der Waals surface area contributed by atoms with Crippen LogP contribution in [0.3, 0.4) is 0 Å². The fourth-order valence-electron chi connectivity index (χ4n) is 4.38. The summed E-state index contributed by atoms with van der Waals surface area (Å²) in [5.41, 5.74) is 2.02. The zero-order chi connectivity index (χ0) is 26.5. The number of nitrogens with zero attached hydrogens (tertiary/aromatic N) is 8. The molecule has 1 fully saturated rings. The third-order valence-electron chi connectivity index (χ3n) is 6.48. The molecule has 1 atom stereocenters. The van der Waals surface area contributed by atoms with Crippen LogP contribution >= 0.6 is 22.7 Å². The summed E-state index contributed by atoms with van der Waals surface area (Å²) < 4.78 is 40.6. The quantitative estimate of drug-likeness (QED) is 0.336. The SMILES string of the molecule is CCc1nc2sc(N3CCC(N(C)S(C)(=O)=O)C3)nn2c1N(C)c1nc(-c2ccc(F)cc2)c(C#N)s1. The Hall–Kier alpha value is -3.12. The Bertz CT molecular complexity index is 1600. The molecule has 10 nitrogen and oxygen atoms in total. The number of aryl methyl sites for hydroxylation is 1. The van der Waals surface area contributed by atoms with Gasteiger partial charge in [-0.25, -0.2) is 27.1 Å². The molecule has 194 valence electrons.